The third-order valence-electron chi connectivity index (χ3n) is 5.84. The van der Waals surface area contributed by atoms with E-state index in [-0.39, 0.29) is 18.3 Å². The molecule has 0 amide bonds. The first-order chi connectivity index (χ1) is 13.4. The van der Waals surface area contributed by atoms with Crippen LogP contribution < -0.4 is 5.46 Å². The monoisotopic (exact) mass is 415 g/mol. The average molecular weight is 415 g/mol. The minimum atomic E-state index is -1.10. The van der Waals surface area contributed by atoms with Gasteiger partial charge in [0.25, 0.3) is 0 Å². The van der Waals surface area contributed by atoms with Gasteiger partial charge in [-0.2, -0.15) is 5.10 Å². The van der Waals surface area contributed by atoms with E-state index in [1.54, 1.807) is 6.33 Å². The van der Waals surface area contributed by atoms with Crippen molar-refractivity contribution in [2.75, 3.05) is 6.61 Å². The maximum atomic E-state index is 6.18. The van der Waals surface area contributed by atoms with Gasteiger partial charge in [-0.1, -0.05) is 37.8 Å². The lowest BCUT2D eigenvalue weighted by Gasteiger charge is -2.32. The van der Waals surface area contributed by atoms with Gasteiger partial charge in [0.05, 0.1) is 11.2 Å². The van der Waals surface area contributed by atoms with Gasteiger partial charge in [-0.3, -0.25) is 0 Å². The number of hydrogen-bond donors (Lipinski definition) is 0. The van der Waals surface area contributed by atoms with Crippen molar-refractivity contribution < 1.29 is 14.0 Å². The van der Waals surface area contributed by atoms with Gasteiger partial charge in [0.15, 0.2) is 5.82 Å². The highest BCUT2D eigenvalue weighted by Gasteiger charge is 2.51. The summed E-state index contributed by atoms with van der Waals surface area (Å²) in [6.07, 6.45) is 1.58. The van der Waals surface area contributed by atoms with E-state index in [0.29, 0.717) is 6.73 Å². The first-order valence-electron chi connectivity index (χ1n) is 10.3. The molecule has 8 heteroatoms. The molecule has 0 atom stereocenters. The molecule has 1 aliphatic rings. The largest absolute Gasteiger partial charge is 0.494 e. The molecule has 0 saturated carbocycles. The Bertz CT molecular complexity index is 845. The molecule has 2 heterocycles. The summed E-state index contributed by atoms with van der Waals surface area (Å²) in [5, 5.41) is 4.35. The molecule has 0 bridgehead atoms. The summed E-state index contributed by atoms with van der Waals surface area (Å²) >= 11 is 0. The van der Waals surface area contributed by atoms with E-state index in [0.717, 1.165) is 35.1 Å². The third kappa shape index (κ3) is 4.99. The first kappa shape index (κ1) is 22.2. The fourth-order valence-corrected chi connectivity index (χ4v) is 3.92. The van der Waals surface area contributed by atoms with Crippen molar-refractivity contribution in [3.63, 3.8) is 0 Å². The highest BCUT2D eigenvalue weighted by Crippen LogP contribution is 2.36. The highest BCUT2D eigenvalue weighted by molar-refractivity contribution is 6.76. The van der Waals surface area contributed by atoms with Crippen molar-refractivity contribution in [2.24, 2.45) is 0 Å². The molecule has 0 spiro atoms. The van der Waals surface area contributed by atoms with Crippen molar-refractivity contribution in [3.8, 4) is 11.4 Å². The molecule has 1 aliphatic heterocycles. The predicted octanol–water partition coefficient (Wildman–Crippen LogP) is 3.87. The molecular formula is C21H34BN3O3Si. The van der Waals surface area contributed by atoms with E-state index in [2.05, 4.69) is 82.5 Å². The number of ether oxygens (including phenoxy) is 1. The summed E-state index contributed by atoms with van der Waals surface area (Å²) in [4.78, 5) is 4.47. The summed E-state index contributed by atoms with van der Waals surface area (Å²) < 4.78 is 20.0. The molecule has 0 unspecified atom stereocenters. The molecule has 1 saturated heterocycles. The topological polar surface area (TPSA) is 58.4 Å². The van der Waals surface area contributed by atoms with Gasteiger partial charge in [0, 0.05) is 20.2 Å². The van der Waals surface area contributed by atoms with E-state index < -0.39 is 8.07 Å². The fraction of sp³-hybridized carbons (Fsp3) is 0.619. The van der Waals surface area contributed by atoms with Crippen LogP contribution in [0.1, 0.15) is 33.3 Å². The maximum absolute atomic E-state index is 6.18. The van der Waals surface area contributed by atoms with Crippen LogP contribution in [0, 0.1) is 6.92 Å². The number of aromatic nitrogens is 3. The second-order valence-electron chi connectivity index (χ2n) is 10.1. The van der Waals surface area contributed by atoms with Gasteiger partial charge in [-0.15, -0.1) is 0 Å². The second kappa shape index (κ2) is 7.98. The molecule has 29 heavy (non-hydrogen) atoms. The van der Waals surface area contributed by atoms with Gasteiger partial charge in [0.2, 0.25) is 0 Å². The van der Waals surface area contributed by atoms with Crippen LogP contribution in [0.4, 0.5) is 0 Å². The van der Waals surface area contributed by atoms with E-state index >= 15 is 0 Å². The summed E-state index contributed by atoms with van der Waals surface area (Å²) in [5.74, 6) is 0.816. The van der Waals surface area contributed by atoms with Crippen LogP contribution in [-0.4, -0.2) is 47.8 Å². The van der Waals surface area contributed by atoms with Crippen LogP contribution in [-0.2, 0) is 20.8 Å². The maximum Gasteiger partial charge on any atom is 0.494 e. The molecular weight excluding hydrogens is 381 g/mol. The Balaban J connectivity index is 1.73. The minimum absolute atomic E-state index is 0.350. The van der Waals surface area contributed by atoms with Crippen molar-refractivity contribution in [1.82, 2.24) is 14.8 Å². The Morgan fingerprint density at radius 2 is 1.76 bits per heavy atom. The normalized spacial score (nSPS) is 18.4. The summed E-state index contributed by atoms with van der Waals surface area (Å²) in [6, 6.07) is 7.37. The molecule has 1 aromatic carbocycles. The fourth-order valence-electron chi connectivity index (χ4n) is 3.16. The van der Waals surface area contributed by atoms with Gasteiger partial charge >= 0.3 is 7.12 Å². The number of nitrogens with zero attached hydrogens (tertiary/aromatic N) is 3. The van der Waals surface area contributed by atoms with Gasteiger partial charge in [0.1, 0.15) is 13.1 Å². The third-order valence-corrected chi connectivity index (χ3v) is 7.55. The zero-order valence-corrected chi connectivity index (χ0v) is 20.1. The van der Waals surface area contributed by atoms with Gasteiger partial charge in [-0.25, -0.2) is 9.67 Å². The van der Waals surface area contributed by atoms with Crippen LogP contribution in [0.2, 0.25) is 25.7 Å². The standard InChI is InChI=1S/C21H34BN3O3Si/c1-16-13-17(22-27-20(2,3)21(4,5)28-22)9-10-18(16)19-23-14-24-25(19)15-26-11-12-29(6,7)8/h9-10,13-14H,11-12,15H2,1-8H3. The number of hydrogen-bond acceptors (Lipinski definition) is 5. The molecule has 158 valence electrons. The Kier molecular flexibility index (Phi) is 6.11. The zero-order valence-electron chi connectivity index (χ0n) is 19.1. The molecule has 1 aromatic heterocycles. The number of rotatable bonds is 7. The Labute approximate surface area is 176 Å². The van der Waals surface area contributed by atoms with Crippen molar-refractivity contribution in [3.05, 3.63) is 30.1 Å². The number of benzene rings is 1. The van der Waals surface area contributed by atoms with Crippen molar-refractivity contribution >= 4 is 20.7 Å². The van der Waals surface area contributed by atoms with Crippen LogP contribution in [0.5, 0.6) is 0 Å². The average Bonchev–Trinajstić information content (AvgIpc) is 3.12. The minimum Gasteiger partial charge on any atom is -0.399 e. The van der Waals surface area contributed by atoms with Crippen molar-refractivity contribution in [2.45, 2.75) is 78.2 Å². The van der Waals surface area contributed by atoms with E-state index in [9.17, 15) is 0 Å². The lowest BCUT2D eigenvalue weighted by atomic mass is 9.78. The van der Waals surface area contributed by atoms with Crippen LogP contribution in [0.15, 0.2) is 24.5 Å². The Hall–Kier alpha value is -1.48. The molecule has 2 aromatic rings. The smallest absolute Gasteiger partial charge is 0.399 e. The van der Waals surface area contributed by atoms with E-state index in [1.165, 1.54) is 0 Å². The summed E-state index contributed by atoms with van der Waals surface area (Å²) in [7, 11) is -1.47. The van der Waals surface area contributed by atoms with E-state index in [1.807, 2.05) is 4.68 Å². The lowest BCUT2D eigenvalue weighted by Crippen LogP contribution is -2.41. The zero-order chi connectivity index (χ0) is 21.4. The molecule has 3 rings (SSSR count). The second-order valence-corrected chi connectivity index (χ2v) is 15.7. The molecule has 0 radical (unpaired) electrons. The molecule has 0 N–H and O–H groups in total. The Morgan fingerprint density at radius 1 is 1.10 bits per heavy atom. The highest BCUT2D eigenvalue weighted by atomic mass is 28.3. The first-order valence-corrected chi connectivity index (χ1v) is 14.0. The van der Waals surface area contributed by atoms with E-state index in [4.69, 9.17) is 14.0 Å². The molecule has 6 nitrogen and oxygen atoms in total. The van der Waals surface area contributed by atoms with Crippen LogP contribution in [0.25, 0.3) is 11.4 Å². The SMILES string of the molecule is Cc1cc(B2OC(C)(C)C(C)(C)O2)ccc1-c1ncnn1COCC[Si](C)(C)C. The van der Waals surface area contributed by atoms with Gasteiger partial charge < -0.3 is 14.0 Å². The molecule has 1 fully saturated rings. The quantitative estimate of drug-likeness (QED) is 0.508. The predicted molar refractivity (Wildman–Crippen MR) is 120 cm³/mol. The Morgan fingerprint density at radius 3 is 2.34 bits per heavy atom. The van der Waals surface area contributed by atoms with Crippen LogP contribution >= 0.6 is 0 Å². The van der Waals surface area contributed by atoms with Gasteiger partial charge in [-0.05, 0) is 51.7 Å². The van der Waals surface area contributed by atoms with Crippen LogP contribution in [0.3, 0.4) is 0 Å². The molecule has 0 aliphatic carbocycles. The number of aryl methyl sites for hydroxylation is 1. The lowest BCUT2D eigenvalue weighted by molar-refractivity contribution is 0.00578. The summed E-state index contributed by atoms with van der Waals surface area (Å²) in [5.41, 5.74) is 2.46. The van der Waals surface area contributed by atoms with Crippen molar-refractivity contribution in [1.29, 1.82) is 0 Å². The summed E-state index contributed by atoms with van der Waals surface area (Å²) in [6.45, 7) is 18.6.